The summed E-state index contributed by atoms with van der Waals surface area (Å²) in [5, 5.41) is 0. The quantitative estimate of drug-likeness (QED) is 0.519. The fraction of sp³-hybridized carbons (Fsp3) is 0.278. The predicted molar refractivity (Wildman–Crippen MR) is 95.6 cm³/mol. The van der Waals surface area contributed by atoms with Gasteiger partial charge in [0.05, 0.1) is 13.0 Å². The number of carbonyl (C=O) groups excluding carboxylic acids is 1. The van der Waals surface area contributed by atoms with Crippen molar-refractivity contribution in [2.24, 2.45) is 0 Å². The Morgan fingerprint density at radius 1 is 1.05 bits per heavy atom. The van der Waals surface area contributed by atoms with Gasteiger partial charge < -0.3 is 4.74 Å². The zero-order chi connectivity index (χ0) is 15.8. The Balaban J connectivity index is 2.09. The van der Waals surface area contributed by atoms with Crippen LogP contribution in [0.5, 0.6) is 0 Å². The number of hydrogen-bond donors (Lipinski definition) is 0. The highest BCUT2D eigenvalue weighted by Gasteiger charge is 2.06. The molecule has 0 N–H and O–H groups in total. The van der Waals surface area contributed by atoms with Crippen LogP contribution in [0.4, 0.5) is 0 Å². The molecule has 0 radical (unpaired) electrons. The van der Waals surface area contributed by atoms with Crippen molar-refractivity contribution >= 4 is 29.5 Å². The Bertz CT molecular complexity index is 612. The summed E-state index contributed by atoms with van der Waals surface area (Å²) in [5.74, 6) is 0.615. The standard InChI is InChI=1S/C18H20O2S2/c1-3-20-18(19)9-10-22-17-12-15(11-16(13-17)21-2)14-7-5-4-6-8-14/h4-8,11-13H,3,9-10H2,1-2H3. The molecule has 0 bridgehead atoms. The molecule has 2 aromatic rings. The van der Waals surface area contributed by atoms with E-state index in [2.05, 4.69) is 48.7 Å². The van der Waals surface area contributed by atoms with Crippen LogP contribution >= 0.6 is 23.5 Å². The van der Waals surface area contributed by atoms with Gasteiger partial charge in [0.1, 0.15) is 0 Å². The molecule has 0 spiro atoms. The molecule has 0 unspecified atom stereocenters. The molecule has 0 heterocycles. The fourth-order valence-corrected chi connectivity index (χ4v) is 3.54. The van der Waals surface area contributed by atoms with E-state index in [1.165, 1.54) is 20.9 Å². The van der Waals surface area contributed by atoms with Crippen LogP contribution in [0.25, 0.3) is 11.1 Å². The van der Waals surface area contributed by atoms with Crippen molar-refractivity contribution < 1.29 is 9.53 Å². The molecule has 2 nitrogen and oxygen atoms in total. The van der Waals surface area contributed by atoms with Gasteiger partial charge in [0.25, 0.3) is 0 Å². The molecule has 0 aliphatic rings. The topological polar surface area (TPSA) is 26.3 Å². The molecule has 116 valence electrons. The SMILES string of the molecule is CCOC(=O)CCSc1cc(SC)cc(-c2ccccc2)c1. The van der Waals surface area contributed by atoms with Crippen molar-refractivity contribution in [2.75, 3.05) is 18.6 Å². The van der Waals surface area contributed by atoms with E-state index in [9.17, 15) is 4.79 Å². The van der Waals surface area contributed by atoms with E-state index in [-0.39, 0.29) is 5.97 Å². The zero-order valence-electron chi connectivity index (χ0n) is 12.9. The summed E-state index contributed by atoms with van der Waals surface area (Å²) in [7, 11) is 0. The minimum Gasteiger partial charge on any atom is -0.466 e. The third-order valence-corrected chi connectivity index (χ3v) is 4.79. The highest BCUT2D eigenvalue weighted by atomic mass is 32.2. The second-order valence-electron chi connectivity index (χ2n) is 4.67. The molecule has 0 saturated heterocycles. The van der Waals surface area contributed by atoms with E-state index < -0.39 is 0 Å². The van der Waals surface area contributed by atoms with Gasteiger partial charge in [-0.25, -0.2) is 0 Å². The van der Waals surface area contributed by atoms with Crippen LogP contribution in [0.3, 0.4) is 0 Å². The van der Waals surface area contributed by atoms with E-state index >= 15 is 0 Å². The van der Waals surface area contributed by atoms with Crippen LogP contribution in [0.15, 0.2) is 58.3 Å². The van der Waals surface area contributed by atoms with Crippen LogP contribution in [-0.2, 0) is 9.53 Å². The maximum Gasteiger partial charge on any atom is 0.306 e. The first-order valence-corrected chi connectivity index (χ1v) is 9.47. The Hall–Kier alpha value is -1.39. The molecule has 2 aromatic carbocycles. The molecule has 0 aliphatic carbocycles. The second kappa shape index (κ2) is 8.91. The van der Waals surface area contributed by atoms with Gasteiger partial charge >= 0.3 is 5.97 Å². The summed E-state index contributed by atoms with van der Waals surface area (Å²) in [6, 6.07) is 16.9. The van der Waals surface area contributed by atoms with Crippen molar-refractivity contribution in [1.82, 2.24) is 0 Å². The average molecular weight is 332 g/mol. The average Bonchev–Trinajstić information content (AvgIpc) is 2.55. The van der Waals surface area contributed by atoms with Crippen molar-refractivity contribution in [3.05, 3.63) is 48.5 Å². The summed E-state index contributed by atoms with van der Waals surface area (Å²) >= 11 is 3.43. The smallest absolute Gasteiger partial charge is 0.306 e. The Kier molecular flexibility index (Phi) is 6.87. The molecule has 0 saturated carbocycles. The largest absolute Gasteiger partial charge is 0.466 e. The first-order chi connectivity index (χ1) is 10.7. The van der Waals surface area contributed by atoms with Crippen LogP contribution in [-0.4, -0.2) is 24.6 Å². The maximum absolute atomic E-state index is 11.4. The number of carbonyl (C=O) groups is 1. The van der Waals surface area contributed by atoms with Gasteiger partial charge in [0.15, 0.2) is 0 Å². The Labute approximate surface area is 140 Å². The molecule has 2 rings (SSSR count). The summed E-state index contributed by atoms with van der Waals surface area (Å²) in [5.41, 5.74) is 2.43. The van der Waals surface area contributed by atoms with Crippen molar-refractivity contribution in [1.29, 1.82) is 0 Å². The third-order valence-electron chi connectivity index (χ3n) is 3.10. The van der Waals surface area contributed by atoms with Gasteiger partial charge in [-0.3, -0.25) is 4.79 Å². The fourth-order valence-electron chi connectivity index (χ4n) is 2.06. The summed E-state index contributed by atoms with van der Waals surface area (Å²) in [6.45, 7) is 2.28. The molecule has 0 amide bonds. The molecule has 0 fully saturated rings. The molecule has 0 atom stereocenters. The lowest BCUT2D eigenvalue weighted by molar-refractivity contribution is -0.142. The minimum atomic E-state index is -0.126. The van der Waals surface area contributed by atoms with Crippen molar-refractivity contribution in [2.45, 2.75) is 23.1 Å². The van der Waals surface area contributed by atoms with E-state index in [1.54, 1.807) is 23.5 Å². The maximum atomic E-state index is 11.4. The van der Waals surface area contributed by atoms with Crippen molar-refractivity contribution in [3.63, 3.8) is 0 Å². The van der Waals surface area contributed by atoms with E-state index in [0.717, 1.165) is 5.75 Å². The zero-order valence-corrected chi connectivity index (χ0v) is 14.5. The van der Waals surface area contributed by atoms with E-state index in [4.69, 9.17) is 4.74 Å². The summed E-state index contributed by atoms with van der Waals surface area (Å²) in [6.07, 6.45) is 2.53. The molecular weight excluding hydrogens is 312 g/mol. The van der Waals surface area contributed by atoms with E-state index in [1.807, 2.05) is 13.0 Å². The van der Waals surface area contributed by atoms with Gasteiger partial charge in [0.2, 0.25) is 0 Å². The van der Waals surface area contributed by atoms with Gasteiger partial charge in [-0.1, -0.05) is 30.3 Å². The molecular formula is C18H20O2S2. The van der Waals surface area contributed by atoms with Crippen LogP contribution in [0, 0.1) is 0 Å². The number of benzene rings is 2. The number of thioether (sulfide) groups is 2. The number of hydrogen-bond acceptors (Lipinski definition) is 4. The lowest BCUT2D eigenvalue weighted by Gasteiger charge is -2.09. The monoisotopic (exact) mass is 332 g/mol. The van der Waals surface area contributed by atoms with Gasteiger partial charge in [-0.15, -0.1) is 23.5 Å². The van der Waals surface area contributed by atoms with E-state index in [0.29, 0.717) is 13.0 Å². The summed E-state index contributed by atoms with van der Waals surface area (Å²) < 4.78 is 4.96. The molecule has 4 heteroatoms. The van der Waals surface area contributed by atoms with Gasteiger partial charge in [-0.05, 0) is 42.5 Å². The van der Waals surface area contributed by atoms with Crippen LogP contribution in [0.1, 0.15) is 13.3 Å². The third kappa shape index (κ3) is 5.11. The predicted octanol–water partition coefficient (Wildman–Crippen LogP) is 5.12. The Morgan fingerprint density at radius 2 is 1.77 bits per heavy atom. The molecule has 22 heavy (non-hydrogen) atoms. The number of esters is 1. The first-order valence-electron chi connectivity index (χ1n) is 7.26. The lowest BCUT2D eigenvalue weighted by Crippen LogP contribution is -2.04. The second-order valence-corrected chi connectivity index (χ2v) is 6.71. The summed E-state index contributed by atoms with van der Waals surface area (Å²) in [4.78, 5) is 13.8. The molecule has 0 aliphatic heterocycles. The highest BCUT2D eigenvalue weighted by molar-refractivity contribution is 7.99. The van der Waals surface area contributed by atoms with Crippen LogP contribution in [0.2, 0.25) is 0 Å². The number of rotatable bonds is 7. The molecule has 0 aromatic heterocycles. The van der Waals surface area contributed by atoms with Crippen molar-refractivity contribution in [3.8, 4) is 11.1 Å². The lowest BCUT2D eigenvalue weighted by atomic mass is 10.1. The Morgan fingerprint density at radius 3 is 2.45 bits per heavy atom. The van der Waals surface area contributed by atoms with Crippen LogP contribution < -0.4 is 0 Å². The van der Waals surface area contributed by atoms with Gasteiger partial charge in [-0.2, -0.15) is 0 Å². The minimum absolute atomic E-state index is 0.126. The van der Waals surface area contributed by atoms with Gasteiger partial charge in [0, 0.05) is 15.5 Å². The first kappa shape index (κ1) is 17.0. The highest BCUT2D eigenvalue weighted by Crippen LogP contribution is 2.31. The normalized spacial score (nSPS) is 10.5. The number of ether oxygens (including phenoxy) is 1.